The Morgan fingerprint density at radius 3 is 2.77 bits per heavy atom. The van der Waals surface area contributed by atoms with Crippen LogP contribution in [0, 0.1) is 6.92 Å². The molecule has 0 spiro atoms. The van der Waals surface area contributed by atoms with Crippen molar-refractivity contribution in [2.75, 3.05) is 18.8 Å². The molecule has 0 saturated carbocycles. The van der Waals surface area contributed by atoms with E-state index in [0.29, 0.717) is 12.5 Å². The molecule has 0 saturated heterocycles. The standard InChI is InChI=1S/C17H22N4S/c1-14-5-7-16(8-6-14)22-13-12-21-17(18)20-11-9-15-4-2-3-10-19-15/h2-8,10H,9,11-13H2,1H3,(H3,18,20,21). The number of guanidine groups is 1. The molecule has 0 fully saturated rings. The van der Waals surface area contributed by atoms with Crippen molar-refractivity contribution in [3.05, 3.63) is 59.9 Å². The van der Waals surface area contributed by atoms with Crippen molar-refractivity contribution in [1.29, 1.82) is 0 Å². The maximum Gasteiger partial charge on any atom is 0.188 e. The number of nitrogens with two attached hydrogens (primary N) is 1. The van der Waals surface area contributed by atoms with Crippen LogP contribution in [0.5, 0.6) is 0 Å². The highest BCUT2D eigenvalue weighted by Gasteiger charge is 1.96. The number of nitrogens with zero attached hydrogens (tertiary/aromatic N) is 2. The lowest BCUT2D eigenvalue weighted by molar-refractivity contribution is 0.890. The van der Waals surface area contributed by atoms with E-state index >= 15 is 0 Å². The monoisotopic (exact) mass is 314 g/mol. The minimum absolute atomic E-state index is 0.500. The lowest BCUT2D eigenvalue weighted by Gasteiger charge is -2.06. The van der Waals surface area contributed by atoms with Gasteiger partial charge in [0.05, 0.1) is 0 Å². The van der Waals surface area contributed by atoms with Gasteiger partial charge in [-0.15, -0.1) is 11.8 Å². The van der Waals surface area contributed by atoms with E-state index in [1.807, 2.05) is 30.0 Å². The Balaban J connectivity index is 1.61. The summed E-state index contributed by atoms with van der Waals surface area (Å²) < 4.78 is 0. The molecule has 0 aliphatic rings. The summed E-state index contributed by atoms with van der Waals surface area (Å²) in [6.45, 7) is 3.55. The Hall–Kier alpha value is -2.01. The number of aryl methyl sites for hydroxylation is 1. The Morgan fingerprint density at radius 1 is 1.23 bits per heavy atom. The lowest BCUT2D eigenvalue weighted by atomic mass is 10.2. The van der Waals surface area contributed by atoms with Gasteiger partial charge in [-0.25, -0.2) is 0 Å². The molecule has 0 aliphatic heterocycles. The van der Waals surface area contributed by atoms with E-state index in [2.05, 4.69) is 46.5 Å². The lowest BCUT2D eigenvalue weighted by Crippen LogP contribution is -2.33. The predicted molar refractivity (Wildman–Crippen MR) is 94.3 cm³/mol. The van der Waals surface area contributed by atoms with E-state index in [-0.39, 0.29) is 0 Å². The molecule has 0 amide bonds. The van der Waals surface area contributed by atoms with Crippen LogP contribution in [0.4, 0.5) is 0 Å². The summed E-state index contributed by atoms with van der Waals surface area (Å²) in [5.74, 6) is 1.46. The van der Waals surface area contributed by atoms with E-state index in [1.165, 1.54) is 10.5 Å². The van der Waals surface area contributed by atoms with E-state index in [4.69, 9.17) is 5.73 Å². The van der Waals surface area contributed by atoms with Gasteiger partial charge in [0, 0.05) is 42.0 Å². The minimum atomic E-state index is 0.500. The number of rotatable bonds is 7. The molecule has 2 rings (SSSR count). The third-order valence-electron chi connectivity index (χ3n) is 3.07. The summed E-state index contributed by atoms with van der Waals surface area (Å²) >= 11 is 1.81. The molecular weight excluding hydrogens is 292 g/mol. The third-order valence-corrected chi connectivity index (χ3v) is 4.09. The van der Waals surface area contributed by atoms with E-state index in [0.717, 1.165) is 24.4 Å². The largest absolute Gasteiger partial charge is 0.370 e. The molecule has 1 aromatic carbocycles. The van der Waals surface area contributed by atoms with Crippen LogP contribution in [0.1, 0.15) is 11.3 Å². The molecule has 1 aromatic heterocycles. The average molecular weight is 314 g/mol. The molecule has 1 heterocycles. The molecule has 116 valence electrons. The fraction of sp³-hybridized carbons (Fsp3) is 0.294. The molecule has 0 aliphatic carbocycles. The summed E-state index contributed by atoms with van der Waals surface area (Å²) in [6, 6.07) is 14.4. The number of hydrogen-bond acceptors (Lipinski definition) is 3. The van der Waals surface area contributed by atoms with E-state index in [1.54, 1.807) is 6.20 Å². The van der Waals surface area contributed by atoms with Gasteiger partial charge in [-0.1, -0.05) is 23.8 Å². The minimum Gasteiger partial charge on any atom is -0.370 e. The van der Waals surface area contributed by atoms with Gasteiger partial charge >= 0.3 is 0 Å². The van der Waals surface area contributed by atoms with Crippen LogP contribution in [-0.2, 0) is 6.42 Å². The predicted octanol–water partition coefficient (Wildman–Crippen LogP) is 2.63. The number of nitrogens with one attached hydrogen (secondary N) is 1. The van der Waals surface area contributed by atoms with Crippen LogP contribution >= 0.6 is 11.8 Å². The number of benzene rings is 1. The normalized spacial score (nSPS) is 11.4. The molecule has 0 atom stereocenters. The molecule has 3 N–H and O–H groups in total. The fourth-order valence-corrected chi connectivity index (χ4v) is 2.64. The van der Waals surface area contributed by atoms with Gasteiger partial charge < -0.3 is 11.1 Å². The van der Waals surface area contributed by atoms with Crippen LogP contribution in [0.25, 0.3) is 0 Å². The van der Waals surface area contributed by atoms with Crippen molar-refractivity contribution in [3.8, 4) is 0 Å². The molecule has 22 heavy (non-hydrogen) atoms. The number of aromatic nitrogens is 1. The first-order valence-corrected chi connectivity index (χ1v) is 8.36. The molecule has 4 nitrogen and oxygen atoms in total. The van der Waals surface area contributed by atoms with Crippen molar-refractivity contribution < 1.29 is 0 Å². The van der Waals surface area contributed by atoms with Crippen LogP contribution < -0.4 is 11.1 Å². The van der Waals surface area contributed by atoms with Crippen LogP contribution in [0.2, 0.25) is 0 Å². The maximum atomic E-state index is 5.85. The Kier molecular flexibility index (Phi) is 6.77. The zero-order valence-corrected chi connectivity index (χ0v) is 13.6. The zero-order chi connectivity index (χ0) is 15.6. The first kappa shape index (κ1) is 16.4. The Morgan fingerprint density at radius 2 is 2.05 bits per heavy atom. The Labute approximate surface area is 136 Å². The molecule has 5 heteroatoms. The molecule has 0 bridgehead atoms. The Bertz CT molecular complexity index is 581. The highest BCUT2D eigenvalue weighted by Crippen LogP contribution is 2.17. The quantitative estimate of drug-likeness (QED) is 0.357. The maximum absolute atomic E-state index is 5.85. The topological polar surface area (TPSA) is 63.3 Å². The molecule has 0 radical (unpaired) electrons. The second kappa shape index (κ2) is 9.10. The van der Waals surface area contributed by atoms with Gasteiger partial charge in [0.25, 0.3) is 0 Å². The number of thioether (sulfide) groups is 1. The SMILES string of the molecule is Cc1ccc(SCCNC(N)=NCCc2ccccn2)cc1. The number of hydrogen-bond donors (Lipinski definition) is 2. The van der Waals surface area contributed by atoms with Gasteiger partial charge in [-0.05, 0) is 31.2 Å². The van der Waals surface area contributed by atoms with Crippen molar-refractivity contribution in [2.45, 2.75) is 18.2 Å². The second-order valence-electron chi connectivity index (χ2n) is 4.93. The van der Waals surface area contributed by atoms with Crippen molar-refractivity contribution in [1.82, 2.24) is 10.3 Å². The summed E-state index contributed by atoms with van der Waals surface area (Å²) in [5.41, 5.74) is 8.17. The van der Waals surface area contributed by atoms with Crippen molar-refractivity contribution in [3.63, 3.8) is 0 Å². The highest BCUT2D eigenvalue weighted by atomic mass is 32.2. The van der Waals surface area contributed by atoms with Crippen LogP contribution in [0.15, 0.2) is 58.5 Å². The first-order chi connectivity index (χ1) is 10.7. The first-order valence-electron chi connectivity index (χ1n) is 7.37. The van der Waals surface area contributed by atoms with Crippen LogP contribution in [-0.4, -0.2) is 29.8 Å². The third kappa shape index (κ3) is 6.18. The van der Waals surface area contributed by atoms with Gasteiger partial charge in [0.15, 0.2) is 5.96 Å². The number of aliphatic imine (C=N–C) groups is 1. The molecule has 0 unspecified atom stereocenters. The molecule has 2 aromatic rings. The zero-order valence-electron chi connectivity index (χ0n) is 12.8. The van der Waals surface area contributed by atoms with Gasteiger partial charge in [0.1, 0.15) is 0 Å². The van der Waals surface area contributed by atoms with E-state index < -0.39 is 0 Å². The summed E-state index contributed by atoms with van der Waals surface area (Å²) in [6.07, 6.45) is 2.60. The van der Waals surface area contributed by atoms with E-state index in [9.17, 15) is 0 Å². The van der Waals surface area contributed by atoms with Crippen LogP contribution in [0.3, 0.4) is 0 Å². The van der Waals surface area contributed by atoms with Crippen molar-refractivity contribution in [2.24, 2.45) is 10.7 Å². The smallest absolute Gasteiger partial charge is 0.188 e. The molecular formula is C17H22N4S. The van der Waals surface area contributed by atoms with Gasteiger partial charge in [-0.3, -0.25) is 9.98 Å². The second-order valence-corrected chi connectivity index (χ2v) is 6.09. The summed E-state index contributed by atoms with van der Waals surface area (Å²) in [4.78, 5) is 9.84. The highest BCUT2D eigenvalue weighted by molar-refractivity contribution is 7.99. The fourth-order valence-electron chi connectivity index (χ4n) is 1.88. The summed E-state index contributed by atoms with van der Waals surface area (Å²) in [5, 5.41) is 3.14. The van der Waals surface area contributed by atoms with Crippen molar-refractivity contribution >= 4 is 17.7 Å². The van der Waals surface area contributed by atoms with Gasteiger partial charge in [-0.2, -0.15) is 0 Å². The number of pyridine rings is 1. The summed E-state index contributed by atoms with van der Waals surface area (Å²) in [7, 11) is 0. The average Bonchev–Trinajstić information content (AvgIpc) is 2.54. The van der Waals surface area contributed by atoms with Gasteiger partial charge in [0.2, 0.25) is 0 Å².